The Morgan fingerprint density at radius 3 is 2.69 bits per heavy atom. The molecule has 0 atom stereocenters. The quantitative estimate of drug-likeness (QED) is 0.654. The number of aromatic nitrogens is 2. The van der Waals surface area contributed by atoms with E-state index in [1.165, 1.54) is 31.4 Å². The maximum absolute atomic E-state index is 12.5. The van der Waals surface area contributed by atoms with E-state index in [1.807, 2.05) is 0 Å². The second kappa shape index (κ2) is 6.85. The van der Waals surface area contributed by atoms with E-state index in [4.69, 9.17) is 15.8 Å². The molecular weight excluding hydrogens is 382 g/mol. The van der Waals surface area contributed by atoms with Crippen LogP contribution in [0.15, 0.2) is 41.3 Å². The van der Waals surface area contributed by atoms with Gasteiger partial charge in [-0.05, 0) is 42.8 Å². The van der Waals surface area contributed by atoms with Crippen molar-refractivity contribution in [2.75, 3.05) is 12.4 Å². The van der Waals surface area contributed by atoms with Crippen LogP contribution in [0, 0.1) is 6.92 Å². The van der Waals surface area contributed by atoms with Gasteiger partial charge in [0.15, 0.2) is 0 Å². The number of methoxy groups -OCH3 is 1. The fourth-order valence-electron chi connectivity index (χ4n) is 2.31. The number of carbonyl (C=O) groups is 1. The molecule has 0 unspecified atom stereocenters. The van der Waals surface area contributed by atoms with E-state index in [-0.39, 0.29) is 16.6 Å². The number of hydrogen-bond acceptors (Lipinski definition) is 6. The minimum Gasteiger partial charge on any atom is -0.453 e. The Kier molecular flexibility index (Phi) is 4.75. The SMILES string of the molecule is COC(=O)Nc1nc2ccc(OS(=O)(=O)c3ccc(Cl)cc3C)cc2[nH]1. The van der Waals surface area contributed by atoms with Gasteiger partial charge in [0.2, 0.25) is 5.95 Å². The maximum Gasteiger partial charge on any atom is 0.413 e. The molecule has 0 aliphatic rings. The molecule has 26 heavy (non-hydrogen) atoms. The van der Waals surface area contributed by atoms with E-state index in [0.29, 0.717) is 21.6 Å². The summed E-state index contributed by atoms with van der Waals surface area (Å²) in [6.45, 7) is 1.63. The summed E-state index contributed by atoms with van der Waals surface area (Å²) in [6, 6.07) is 8.91. The lowest BCUT2D eigenvalue weighted by Crippen LogP contribution is -2.11. The number of nitrogens with zero attached hydrogens (tertiary/aromatic N) is 1. The summed E-state index contributed by atoms with van der Waals surface area (Å²) in [4.78, 5) is 18.2. The average Bonchev–Trinajstić information content (AvgIpc) is 2.95. The van der Waals surface area contributed by atoms with Crippen LogP contribution in [0.5, 0.6) is 5.75 Å². The smallest absolute Gasteiger partial charge is 0.413 e. The summed E-state index contributed by atoms with van der Waals surface area (Å²) in [7, 11) is -2.80. The second-order valence-corrected chi connectivity index (χ2v) is 7.28. The van der Waals surface area contributed by atoms with Crippen molar-refractivity contribution in [2.45, 2.75) is 11.8 Å². The van der Waals surface area contributed by atoms with Crippen molar-refractivity contribution >= 4 is 44.8 Å². The zero-order valence-corrected chi connectivity index (χ0v) is 15.3. The predicted octanol–water partition coefficient (Wildman–Crippen LogP) is 3.47. The maximum atomic E-state index is 12.5. The molecule has 0 radical (unpaired) electrons. The van der Waals surface area contributed by atoms with Crippen molar-refractivity contribution in [1.82, 2.24) is 9.97 Å². The summed E-state index contributed by atoms with van der Waals surface area (Å²) >= 11 is 5.86. The molecule has 2 aromatic carbocycles. The van der Waals surface area contributed by atoms with Crippen LogP contribution in [0.4, 0.5) is 10.7 Å². The molecule has 2 N–H and O–H groups in total. The molecule has 0 spiro atoms. The van der Waals surface area contributed by atoms with E-state index in [1.54, 1.807) is 19.1 Å². The first-order valence-electron chi connectivity index (χ1n) is 7.34. The van der Waals surface area contributed by atoms with E-state index in [2.05, 4.69) is 20.0 Å². The van der Waals surface area contributed by atoms with Crippen molar-refractivity contribution in [3.63, 3.8) is 0 Å². The summed E-state index contributed by atoms with van der Waals surface area (Å²) in [5.74, 6) is 0.264. The van der Waals surface area contributed by atoms with Gasteiger partial charge in [0.25, 0.3) is 0 Å². The largest absolute Gasteiger partial charge is 0.453 e. The average molecular weight is 396 g/mol. The van der Waals surface area contributed by atoms with Gasteiger partial charge in [0.1, 0.15) is 10.6 Å². The monoisotopic (exact) mass is 395 g/mol. The normalized spacial score (nSPS) is 11.3. The third-order valence-electron chi connectivity index (χ3n) is 3.47. The molecule has 0 bridgehead atoms. The Balaban J connectivity index is 1.89. The lowest BCUT2D eigenvalue weighted by Gasteiger charge is -2.09. The molecule has 3 rings (SSSR count). The third kappa shape index (κ3) is 3.73. The lowest BCUT2D eigenvalue weighted by atomic mass is 10.2. The summed E-state index contributed by atoms with van der Waals surface area (Å²) in [5, 5.41) is 2.82. The lowest BCUT2D eigenvalue weighted by molar-refractivity contribution is 0.186. The van der Waals surface area contributed by atoms with Crippen LogP contribution in [0.25, 0.3) is 11.0 Å². The standard InChI is InChI=1S/C16H14ClN3O5S/c1-9-7-10(17)3-6-14(9)26(22,23)25-11-4-5-12-13(8-11)19-15(18-12)20-16(21)24-2/h3-8H,1-2H3,(H2,18,19,20,21). The van der Waals surface area contributed by atoms with Gasteiger partial charge in [-0.1, -0.05) is 11.6 Å². The van der Waals surface area contributed by atoms with Gasteiger partial charge < -0.3 is 13.9 Å². The molecule has 3 aromatic rings. The fourth-order valence-corrected chi connectivity index (χ4v) is 3.67. The molecule has 0 saturated carbocycles. The van der Waals surface area contributed by atoms with Gasteiger partial charge in [0, 0.05) is 11.1 Å². The molecule has 8 nitrogen and oxygen atoms in total. The van der Waals surface area contributed by atoms with Crippen molar-refractivity contribution in [3.8, 4) is 5.75 Å². The molecule has 10 heteroatoms. The number of fused-ring (bicyclic) bond motifs is 1. The predicted molar refractivity (Wildman–Crippen MR) is 96.1 cm³/mol. The zero-order valence-electron chi connectivity index (χ0n) is 13.7. The van der Waals surface area contributed by atoms with Crippen LogP contribution in [0.3, 0.4) is 0 Å². The van der Waals surface area contributed by atoms with Gasteiger partial charge in [-0.2, -0.15) is 8.42 Å². The molecule has 1 amide bonds. The zero-order chi connectivity index (χ0) is 18.9. The number of aromatic amines is 1. The van der Waals surface area contributed by atoms with E-state index >= 15 is 0 Å². The Hall–Kier alpha value is -2.78. The molecule has 0 aliphatic carbocycles. The molecule has 1 heterocycles. The van der Waals surface area contributed by atoms with Crippen molar-refractivity contribution < 1.29 is 22.1 Å². The highest BCUT2D eigenvalue weighted by atomic mass is 35.5. The van der Waals surface area contributed by atoms with E-state index in [0.717, 1.165) is 0 Å². The molecule has 0 aliphatic heterocycles. The van der Waals surface area contributed by atoms with Crippen molar-refractivity contribution in [3.05, 3.63) is 47.0 Å². The van der Waals surface area contributed by atoms with E-state index in [9.17, 15) is 13.2 Å². The molecule has 136 valence electrons. The minimum absolute atomic E-state index is 0.0275. The number of benzene rings is 2. The Morgan fingerprint density at radius 1 is 1.23 bits per heavy atom. The van der Waals surface area contributed by atoms with Crippen LogP contribution in [-0.4, -0.2) is 31.6 Å². The number of carbonyl (C=O) groups excluding carboxylic acids is 1. The second-order valence-electron chi connectivity index (χ2n) is 5.33. The number of anilines is 1. The summed E-state index contributed by atoms with van der Waals surface area (Å²) in [5.41, 5.74) is 1.48. The Labute approximate surface area is 154 Å². The van der Waals surface area contributed by atoms with Crippen LogP contribution < -0.4 is 9.50 Å². The van der Waals surface area contributed by atoms with Gasteiger partial charge in [0.05, 0.1) is 18.1 Å². The van der Waals surface area contributed by atoms with Gasteiger partial charge in [-0.3, -0.25) is 5.32 Å². The van der Waals surface area contributed by atoms with Crippen LogP contribution in [0.1, 0.15) is 5.56 Å². The van der Waals surface area contributed by atoms with Gasteiger partial charge in [-0.15, -0.1) is 0 Å². The number of rotatable bonds is 4. The number of imidazole rings is 1. The first-order chi connectivity index (χ1) is 12.3. The summed E-state index contributed by atoms with van der Waals surface area (Å²) < 4.78 is 34.7. The Bertz CT molecular complexity index is 1090. The number of H-pyrrole nitrogens is 1. The van der Waals surface area contributed by atoms with Crippen molar-refractivity contribution in [1.29, 1.82) is 0 Å². The number of amides is 1. The molecule has 0 saturated heterocycles. The van der Waals surface area contributed by atoms with Crippen LogP contribution in [-0.2, 0) is 14.9 Å². The minimum atomic E-state index is -4.03. The first kappa shape index (κ1) is 18.0. The number of nitrogens with one attached hydrogen (secondary N) is 2. The number of aryl methyl sites for hydroxylation is 1. The number of hydrogen-bond donors (Lipinski definition) is 2. The molecule has 1 aromatic heterocycles. The van der Waals surface area contributed by atoms with Crippen LogP contribution >= 0.6 is 11.6 Å². The van der Waals surface area contributed by atoms with Gasteiger partial charge >= 0.3 is 16.2 Å². The molecule has 0 fully saturated rings. The summed E-state index contributed by atoms with van der Waals surface area (Å²) in [6.07, 6.45) is -0.679. The fraction of sp³-hybridized carbons (Fsp3) is 0.125. The van der Waals surface area contributed by atoms with E-state index < -0.39 is 16.2 Å². The van der Waals surface area contributed by atoms with Gasteiger partial charge in [-0.25, -0.2) is 9.78 Å². The highest BCUT2D eigenvalue weighted by Crippen LogP contribution is 2.26. The van der Waals surface area contributed by atoms with Crippen molar-refractivity contribution in [2.24, 2.45) is 0 Å². The first-order valence-corrected chi connectivity index (χ1v) is 9.12. The third-order valence-corrected chi connectivity index (χ3v) is 5.12. The molecular formula is C16H14ClN3O5S. The highest BCUT2D eigenvalue weighted by Gasteiger charge is 2.20. The number of halogens is 1. The highest BCUT2D eigenvalue weighted by molar-refractivity contribution is 7.87. The Morgan fingerprint density at radius 2 is 2.00 bits per heavy atom. The number of ether oxygens (including phenoxy) is 1. The topological polar surface area (TPSA) is 110 Å². The van der Waals surface area contributed by atoms with Crippen LogP contribution in [0.2, 0.25) is 5.02 Å².